The Hall–Kier alpha value is -6.37. The van der Waals surface area contributed by atoms with Gasteiger partial charge in [0.25, 0.3) is 11.8 Å². The van der Waals surface area contributed by atoms with Crippen molar-refractivity contribution in [1.29, 1.82) is 0 Å². The van der Waals surface area contributed by atoms with Gasteiger partial charge in [-0.05, 0) is 75.5 Å². The highest BCUT2D eigenvalue weighted by atomic mass is 16.4. The molecule has 1 aromatic carbocycles. The van der Waals surface area contributed by atoms with Gasteiger partial charge in [-0.3, -0.25) is 38.5 Å². The smallest absolute Gasteiger partial charge is 0.326 e. The highest BCUT2D eigenvalue weighted by molar-refractivity contribution is 6.12. The number of aryl methyl sites for hydroxylation is 1. The second kappa shape index (κ2) is 26.0. The van der Waals surface area contributed by atoms with Crippen LogP contribution in [0.25, 0.3) is 10.9 Å². The Kier molecular flexibility index (Phi) is 21.5. The molecule has 0 radical (unpaired) electrons. The minimum atomic E-state index is -1.50. The lowest BCUT2D eigenvalue weighted by molar-refractivity contribution is -0.143. The van der Waals surface area contributed by atoms with Gasteiger partial charge in [-0.1, -0.05) is 79.2 Å². The van der Waals surface area contributed by atoms with Gasteiger partial charge in [-0.25, -0.2) is 9.59 Å². The van der Waals surface area contributed by atoms with E-state index >= 15 is 0 Å². The Morgan fingerprint density at radius 2 is 1.39 bits per heavy atom. The van der Waals surface area contributed by atoms with E-state index < -0.39 is 77.1 Å². The minimum Gasteiger partial charge on any atom is -0.480 e. The van der Waals surface area contributed by atoms with Crippen LogP contribution in [-0.4, -0.2) is 135 Å². The average Bonchev–Trinajstić information content (AvgIpc) is 3.80. The molecule has 7 amide bonds. The monoisotopic (exact) mass is 977 g/mol. The van der Waals surface area contributed by atoms with Crippen LogP contribution in [0.1, 0.15) is 119 Å². The van der Waals surface area contributed by atoms with E-state index in [-0.39, 0.29) is 54.4 Å². The van der Waals surface area contributed by atoms with Crippen LogP contribution >= 0.6 is 0 Å². The number of carboxylic acids is 2. The van der Waals surface area contributed by atoms with Crippen molar-refractivity contribution in [2.45, 2.75) is 149 Å². The lowest BCUT2D eigenvalue weighted by Gasteiger charge is -2.39. The van der Waals surface area contributed by atoms with Gasteiger partial charge < -0.3 is 46.3 Å². The van der Waals surface area contributed by atoms with Crippen LogP contribution in [0.5, 0.6) is 0 Å². The molecule has 2 heterocycles. The molecule has 0 aliphatic carbocycles. The molecule has 70 heavy (non-hydrogen) atoms. The van der Waals surface area contributed by atoms with Crippen molar-refractivity contribution in [3.05, 3.63) is 59.8 Å². The largest absolute Gasteiger partial charge is 0.480 e. The Labute approximate surface area is 411 Å². The number of rotatable bonds is 28. The molecule has 19 heteroatoms. The van der Waals surface area contributed by atoms with Crippen molar-refractivity contribution < 1.29 is 53.4 Å². The Morgan fingerprint density at radius 3 is 1.97 bits per heavy atom. The Balaban J connectivity index is 1.55. The fourth-order valence-electron chi connectivity index (χ4n) is 8.64. The molecule has 7 N–H and O–H groups in total. The number of benzene rings is 1. The van der Waals surface area contributed by atoms with E-state index in [1.165, 1.54) is 24.0 Å². The van der Waals surface area contributed by atoms with E-state index in [0.29, 0.717) is 45.2 Å². The number of hydrogen-bond acceptors (Lipinski definition) is 10. The van der Waals surface area contributed by atoms with Gasteiger partial charge >= 0.3 is 11.9 Å². The number of carbonyl (C=O) groups is 9. The molecule has 1 aliphatic rings. The quantitative estimate of drug-likeness (QED) is 0.0366. The van der Waals surface area contributed by atoms with Crippen molar-refractivity contribution in [2.75, 3.05) is 27.2 Å². The van der Waals surface area contributed by atoms with Crippen LogP contribution < -0.4 is 26.6 Å². The van der Waals surface area contributed by atoms with Gasteiger partial charge in [0.1, 0.15) is 18.1 Å². The number of aromatic nitrogens is 1. The number of carbonyl (C=O) groups excluding carboxylic acids is 7. The first-order valence-corrected chi connectivity index (χ1v) is 24.1. The number of carboxylic acid groups (broad SMARTS) is 2. The van der Waals surface area contributed by atoms with E-state index in [1.54, 1.807) is 20.2 Å². The van der Waals surface area contributed by atoms with Crippen LogP contribution in [0.2, 0.25) is 0 Å². The molecule has 0 saturated carbocycles. The molecule has 3 rings (SSSR count). The number of amides is 7. The zero-order valence-electron chi connectivity index (χ0n) is 42.8. The van der Waals surface area contributed by atoms with Gasteiger partial charge in [0.2, 0.25) is 29.5 Å². The van der Waals surface area contributed by atoms with Crippen molar-refractivity contribution >= 4 is 64.2 Å². The van der Waals surface area contributed by atoms with Crippen molar-refractivity contribution in [2.24, 2.45) is 18.4 Å². The molecular weight excluding hydrogens is 901 g/mol. The normalized spacial score (nSPS) is 15.3. The number of nitrogens with one attached hydrogen (secondary N) is 5. The van der Waals surface area contributed by atoms with Crippen LogP contribution in [0.15, 0.2) is 54.3 Å². The predicted molar refractivity (Wildman–Crippen MR) is 265 cm³/mol. The van der Waals surface area contributed by atoms with E-state index in [1.807, 2.05) is 90.5 Å². The van der Waals surface area contributed by atoms with E-state index in [9.17, 15) is 53.4 Å². The summed E-state index contributed by atoms with van der Waals surface area (Å²) in [6, 6.07) is 2.81. The molecule has 2 aromatic rings. The maximum Gasteiger partial charge on any atom is 0.326 e. The molecule has 5 atom stereocenters. The first kappa shape index (κ1) is 57.9. The van der Waals surface area contributed by atoms with Gasteiger partial charge in [0, 0.05) is 80.3 Å². The fourth-order valence-corrected chi connectivity index (χ4v) is 8.64. The molecule has 1 aliphatic heterocycles. The zero-order valence-corrected chi connectivity index (χ0v) is 42.8. The Morgan fingerprint density at radius 1 is 0.771 bits per heavy atom. The summed E-state index contributed by atoms with van der Waals surface area (Å²) < 4.78 is 2.02. The lowest BCUT2D eigenvalue weighted by Crippen LogP contribution is -2.61. The first-order chi connectivity index (χ1) is 32.7. The average molecular weight is 977 g/mol. The summed E-state index contributed by atoms with van der Waals surface area (Å²) in [6.07, 6.45) is 8.20. The molecule has 386 valence electrons. The maximum absolute atomic E-state index is 14.4. The summed E-state index contributed by atoms with van der Waals surface area (Å²) >= 11 is 0. The molecule has 0 unspecified atom stereocenters. The lowest BCUT2D eigenvalue weighted by atomic mass is 9.76. The maximum atomic E-state index is 14.4. The van der Waals surface area contributed by atoms with E-state index in [2.05, 4.69) is 26.6 Å². The number of likely N-dealkylation sites (N-methyl/N-ethyl adjacent to an activating group) is 2. The molecule has 0 spiro atoms. The summed E-state index contributed by atoms with van der Waals surface area (Å²) in [7, 11) is 5.25. The van der Waals surface area contributed by atoms with Crippen molar-refractivity contribution in [1.82, 2.24) is 41.0 Å². The van der Waals surface area contributed by atoms with Gasteiger partial charge in [-0.15, -0.1) is 0 Å². The van der Waals surface area contributed by atoms with Crippen LogP contribution in [0.4, 0.5) is 0 Å². The number of hydrogen-bond donors (Lipinski definition) is 7. The molecule has 0 saturated heterocycles. The topological polar surface area (TPSA) is 266 Å². The predicted octanol–water partition coefficient (Wildman–Crippen LogP) is 3.70. The summed E-state index contributed by atoms with van der Waals surface area (Å²) in [4.78, 5) is 117. The van der Waals surface area contributed by atoms with Gasteiger partial charge in [0.15, 0.2) is 0 Å². The van der Waals surface area contributed by atoms with E-state index in [0.717, 1.165) is 21.4 Å². The van der Waals surface area contributed by atoms with Crippen molar-refractivity contribution in [3.8, 4) is 0 Å². The highest BCUT2D eigenvalue weighted by Gasteiger charge is 2.42. The third kappa shape index (κ3) is 16.1. The SMILES string of the molecule is CN[C@H](C(=O)N[C@H](C(=O)N(C)[C@H](/C=C(\C)C(=O)N[C@H](CCC(=O)N[C@@H](CCCCNC(=O)CCCCCN1C(=O)C=CC1=O)C(=O)O)C(=O)O)C(C)C)C(C)(C)C)C(C)(C)c1cn(C)c2ccccc12. The molecular formula is C51H76N8O11. The standard InChI is InChI=1S/C51H76N8O11/c1-31(2)38(58(11)47(66)44(50(4,5)6)56-46(65)43(52-9)51(7,8)34-30-57(10)37-21-15-14-19-33(34)37)29-32(3)45(64)55-36(49(69)70)23-24-40(61)54-35(48(67)68)20-16-17-27-53-39(60)22-13-12-18-28-59-41(62)25-26-42(59)63/h14-15,19,21,25-26,29-31,35-36,38,43-44,52H,12-13,16-18,20,22-24,27-28H2,1-11H3,(H,53,60)(H,54,61)(H,55,64)(H,56,65)(H,67,68)(H,69,70)/b32-29+/t35-,36+,38+,43+,44+/m0/s1. The third-order valence-electron chi connectivity index (χ3n) is 12.8. The second-order valence-electron chi connectivity index (χ2n) is 20.1. The molecule has 19 nitrogen and oxygen atoms in total. The van der Waals surface area contributed by atoms with Crippen LogP contribution in [0, 0.1) is 11.3 Å². The first-order valence-electron chi connectivity index (χ1n) is 24.1. The Bertz CT molecular complexity index is 2270. The summed E-state index contributed by atoms with van der Waals surface area (Å²) in [5, 5.41) is 34.6. The number of aliphatic carboxylic acids is 2. The third-order valence-corrected chi connectivity index (χ3v) is 12.8. The van der Waals surface area contributed by atoms with Crippen molar-refractivity contribution in [3.63, 3.8) is 0 Å². The number of nitrogens with zero attached hydrogens (tertiary/aromatic N) is 3. The second-order valence-corrected chi connectivity index (χ2v) is 20.1. The zero-order chi connectivity index (χ0) is 52.7. The summed E-state index contributed by atoms with van der Waals surface area (Å²) in [6.45, 7) is 15.3. The summed E-state index contributed by atoms with van der Waals surface area (Å²) in [5.74, 6) is -6.00. The van der Waals surface area contributed by atoms with E-state index in [4.69, 9.17) is 0 Å². The minimum absolute atomic E-state index is 0.0558. The summed E-state index contributed by atoms with van der Waals surface area (Å²) in [5.41, 5.74) is 0.651. The molecule has 1 aromatic heterocycles. The number of para-hydroxylation sites is 1. The van der Waals surface area contributed by atoms with Crippen LogP contribution in [-0.2, 0) is 55.6 Å². The molecule has 0 fully saturated rings. The van der Waals surface area contributed by atoms with Crippen LogP contribution in [0.3, 0.4) is 0 Å². The fraction of sp³-hybridized carbons (Fsp3) is 0.588. The number of fused-ring (bicyclic) bond motifs is 1. The highest BCUT2D eigenvalue weighted by Crippen LogP contribution is 2.35. The number of unbranched alkanes of at least 4 members (excludes halogenated alkanes) is 3. The number of imide groups is 1. The van der Waals surface area contributed by atoms with Gasteiger partial charge in [-0.2, -0.15) is 0 Å². The van der Waals surface area contributed by atoms with Gasteiger partial charge in [0.05, 0.1) is 12.1 Å². The molecule has 0 bridgehead atoms.